The van der Waals surface area contributed by atoms with E-state index >= 15 is 0 Å². The maximum Gasteiger partial charge on any atom is 0.230 e. The Kier molecular flexibility index (Phi) is 4.49. The number of amides is 1. The molecule has 2 aromatic rings. The van der Waals surface area contributed by atoms with Crippen molar-refractivity contribution in [1.82, 2.24) is 9.97 Å². The molecule has 1 heterocycles. The lowest BCUT2D eigenvalue weighted by molar-refractivity contribution is -0.124. The van der Waals surface area contributed by atoms with E-state index in [0.29, 0.717) is 18.4 Å². The van der Waals surface area contributed by atoms with E-state index in [4.69, 9.17) is 4.98 Å². The predicted octanol–water partition coefficient (Wildman–Crippen LogP) is 3.58. The average Bonchev–Trinajstić information content (AvgIpc) is 2.71. The zero-order valence-corrected chi connectivity index (χ0v) is 16.0. The number of nitrogens with one attached hydrogen (secondary N) is 1. The van der Waals surface area contributed by atoms with Crippen LogP contribution >= 0.6 is 0 Å². The van der Waals surface area contributed by atoms with Gasteiger partial charge in [-0.15, -0.1) is 0 Å². The molecule has 0 unspecified atom stereocenters. The maximum absolute atomic E-state index is 12.6. The molecule has 0 bridgehead atoms. The molecular weight excluding hydrogens is 354 g/mol. The number of aromatic nitrogens is 2. The second-order valence-electron chi connectivity index (χ2n) is 7.90. The molecule has 28 heavy (non-hydrogen) atoms. The molecule has 2 N–H and O–H groups in total. The Morgan fingerprint density at radius 2 is 2.00 bits per heavy atom. The summed E-state index contributed by atoms with van der Waals surface area (Å²) in [5.41, 5.74) is 3.72. The molecule has 0 saturated heterocycles. The second kappa shape index (κ2) is 6.86. The highest BCUT2D eigenvalue weighted by molar-refractivity contribution is 5.98. The van der Waals surface area contributed by atoms with Crippen LogP contribution in [0.2, 0.25) is 0 Å². The van der Waals surface area contributed by atoms with Crippen molar-refractivity contribution in [3.63, 3.8) is 0 Å². The zero-order chi connectivity index (χ0) is 19.9. The van der Waals surface area contributed by atoms with Crippen LogP contribution in [-0.4, -0.2) is 27.3 Å². The minimum Gasteiger partial charge on any atom is -0.515 e. The van der Waals surface area contributed by atoms with Gasteiger partial charge in [-0.3, -0.25) is 14.9 Å². The van der Waals surface area contributed by atoms with Crippen LogP contribution in [0, 0.1) is 11.8 Å². The van der Waals surface area contributed by atoms with E-state index in [2.05, 4.69) is 17.2 Å². The summed E-state index contributed by atoms with van der Waals surface area (Å²) in [6, 6.07) is 9.85. The number of aliphatic hydroxyl groups excluding tert-OH is 1. The van der Waals surface area contributed by atoms with Gasteiger partial charge in [0.05, 0.1) is 17.6 Å². The topological polar surface area (TPSA) is 92.2 Å². The fourth-order valence-electron chi connectivity index (χ4n) is 5.02. The molecule has 2 aliphatic rings. The molecule has 144 valence electrons. The number of aliphatic hydroxyl groups is 1. The van der Waals surface area contributed by atoms with E-state index in [1.807, 2.05) is 37.3 Å². The number of allylic oxidation sites excluding steroid dienone is 1. The van der Waals surface area contributed by atoms with Crippen molar-refractivity contribution >= 4 is 18.1 Å². The number of hydrogen-bond acceptors (Lipinski definition) is 5. The van der Waals surface area contributed by atoms with Crippen molar-refractivity contribution in [3.8, 4) is 11.3 Å². The number of benzene rings is 1. The first-order valence-electron chi connectivity index (χ1n) is 9.54. The summed E-state index contributed by atoms with van der Waals surface area (Å²) in [4.78, 5) is 33.0. The molecule has 6 nitrogen and oxygen atoms in total. The molecule has 1 fully saturated rings. The Morgan fingerprint density at radius 3 is 2.68 bits per heavy atom. The molecular formula is C22H23N3O3. The summed E-state index contributed by atoms with van der Waals surface area (Å²) in [5, 5.41) is 12.2. The number of rotatable bonds is 3. The summed E-state index contributed by atoms with van der Waals surface area (Å²) in [6.45, 7) is 4.04. The van der Waals surface area contributed by atoms with Gasteiger partial charge in [-0.05, 0) is 25.2 Å². The van der Waals surface area contributed by atoms with Crippen LogP contribution in [0.15, 0.2) is 42.2 Å². The van der Waals surface area contributed by atoms with Gasteiger partial charge in [-0.1, -0.05) is 44.2 Å². The first-order chi connectivity index (χ1) is 13.5. The number of fused-ring (bicyclic) bond motifs is 3. The van der Waals surface area contributed by atoms with Gasteiger partial charge in [0.1, 0.15) is 0 Å². The van der Waals surface area contributed by atoms with Gasteiger partial charge in [0, 0.05) is 28.0 Å². The van der Waals surface area contributed by atoms with Gasteiger partial charge in [0.25, 0.3) is 0 Å². The van der Waals surface area contributed by atoms with E-state index in [1.165, 1.54) is 0 Å². The van der Waals surface area contributed by atoms with Crippen LogP contribution in [0.25, 0.3) is 11.3 Å². The van der Waals surface area contributed by atoms with Crippen molar-refractivity contribution in [2.24, 2.45) is 11.8 Å². The van der Waals surface area contributed by atoms with Gasteiger partial charge in [-0.25, -0.2) is 9.97 Å². The van der Waals surface area contributed by atoms with Crippen LogP contribution in [-0.2, 0) is 21.4 Å². The lowest BCUT2D eigenvalue weighted by Crippen LogP contribution is -2.48. The predicted molar refractivity (Wildman–Crippen MR) is 106 cm³/mol. The smallest absolute Gasteiger partial charge is 0.230 e. The molecule has 1 aromatic carbocycles. The Hall–Kier alpha value is -3.02. The summed E-state index contributed by atoms with van der Waals surface area (Å²) in [5.74, 6) is 0.201. The van der Waals surface area contributed by atoms with E-state index in [9.17, 15) is 14.7 Å². The quantitative estimate of drug-likeness (QED) is 0.484. The third-order valence-corrected chi connectivity index (χ3v) is 6.35. The zero-order valence-electron chi connectivity index (χ0n) is 16.0. The Balaban J connectivity index is 1.94. The lowest BCUT2D eigenvalue weighted by Gasteiger charge is -2.48. The van der Waals surface area contributed by atoms with E-state index < -0.39 is 5.41 Å². The summed E-state index contributed by atoms with van der Waals surface area (Å²) in [7, 11) is 0. The molecule has 6 heteroatoms. The van der Waals surface area contributed by atoms with E-state index in [0.717, 1.165) is 41.6 Å². The Bertz CT molecular complexity index is 970. The van der Waals surface area contributed by atoms with Crippen molar-refractivity contribution in [2.75, 3.05) is 5.32 Å². The highest BCUT2D eigenvalue weighted by atomic mass is 16.2. The monoisotopic (exact) mass is 377 g/mol. The van der Waals surface area contributed by atoms with Crippen molar-refractivity contribution < 1.29 is 14.7 Å². The minimum absolute atomic E-state index is 0.0111. The number of carbonyl (C=O) groups is 2. The van der Waals surface area contributed by atoms with E-state index in [1.54, 1.807) is 0 Å². The first kappa shape index (κ1) is 18.3. The molecule has 0 spiro atoms. The highest BCUT2D eigenvalue weighted by Crippen LogP contribution is 2.53. The van der Waals surface area contributed by atoms with Crippen LogP contribution in [0.4, 0.5) is 5.95 Å². The van der Waals surface area contributed by atoms with Crippen molar-refractivity contribution in [3.05, 3.63) is 53.4 Å². The third kappa shape index (κ3) is 2.71. The number of Topliss-reactive ketones (excluding diaryl/α,β-unsaturated/α-hetero) is 1. The lowest BCUT2D eigenvalue weighted by atomic mass is 9.55. The number of nitrogens with zero attached hydrogens (tertiary/aromatic N) is 2. The SMILES string of the molecule is C[C@H]1C(=O)/C(=C\O)C[C@@]2(C)c3nc(NC=O)nc(-c4ccccc4)c3CC[C@H]12. The molecule has 0 radical (unpaired) electrons. The van der Waals surface area contributed by atoms with Gasteiger partial charge in [-0.2, -0.15) is 0 Å². The van der Waals surface area contributed by atoms with Crippen LogP contribution in [0.1, 0.15) is 37.9 Å². The van der Waals surface area contributed by atoms with Crippen LogP contribution in [0.5, 0.6) is 0 Å². The largest absolute Gasteiger partial charge is 0.515 e. The third-order valence-electron chi connectivity index (χ3n) is 6.35. The van der Waals surface area contributed by atoms with Crippen molar-refractivity contribution in [1.29, 1.82) is 0 Å². The summed E-state index contributed by atoms with van der Waals surface area (Å²) >= 11 is 0. The Labute approximate surface area is 163 Å². The summed E-state index contributed by atoms with van der Waals surface area (Å²) < 4.78 is 0. The normalized spacial score (nSPS) is 27.8. The maximum atomic E-state index is 12.6. The van der Waals surface area contributed by atoms with Crippen LogP contribution in [0.3, 0.4) is 0 Å². The average molecular weight is 377 g/mol. The molecule has 1 amide bonds. The molecule has 4 rings (SSSR count). The molecule has 3 atom stereocenters. The van der Waals surface area contributed by atoms with Crippen molar-refractivity contribution in [2.45, 2.75) is 38.5 Å². The number of anilines is 1. The van der Waals surface area contributed by atoms with E-state index in [-0.39, 0.29) is 23.6 Å². The van der Waals surface area contributed by atoms with Crippen LogP contribution < -0.4 is 5.32 Å². The molecule has 0 aliphatic heterocycles. The fraction of sp³-hybridized carbons (Fsp3) is 0.364. The molecule has 1 aromatic heterocycles. The number of ketones is 1. The molecule has 1 saturated carbocycles. The number of carbonyl (C=O) groups excluding carboxylic acids is 2. The molecule has 2 aliphatic carbocycles. The standard InChI is InChI=1S/C22H23N3O3/c1-13-17-9-8-16-18(14-6-4-3-5-7-14)24-21(23-12-27)25-20(16)22(17,2)10-15(11-26)19(13)28/h3-7,11-13,17,26H,8-10H2,1-2H3,(H,23,24,25,27)/b15-11-/t13-,17-,22-/m1/s1. The Morgan fingerprint density at radius 1 is 1.25 bits per heavy atom. The van der Waals surface area contributed by atoms with Gasteiger partial charge in [0.2, 0.25) is 12.4 Å². The second-order valence-corrected chi connectivity index (χ2v) is 7.90. The first-order valence-corrected chi connectivity index (χ1v) is 9.54. The minimum atomic E-state index is -0.415. The number of hydrogen-bond donors (Lipinski definition) is 2. The summed E-state index contributed by atoms with van der Waals surface area (Å²) in [6.07, 6.45) is 3.58. The van der Waals surface area contributed by atoms with Gasteiger partial charge in [0.15, 0.2) is 5.78 Å². The highest BCUT2D eigenvalue weighted by Gasteiger charge is 2.51. The fourth-order valence-corrected chi connectivity index (χ4v) is 5.02. The van der Waals surface area contributed by atoms with Gasteiger partial charge < -0.3 is 5.11 Å². The van der Waals surface area contributed by atoms with Gasteiger partial charge >= 0.3 is 0 Å².